The maximum absolute atomic E-state index is 13.2. The Hall–Kier alpha value is -1.00. The maximum atomic E-state index is 13.2. The third-order valence-corrected chi connectivity index (χ3v) is 4.21. The van der Waals surface area contributed by atoms with Crippen molar-refractivity contribution >= 4 is 23.4 Å². The van der Waals surface area contributed by atoms with Gasteiger partial charge in [0.1, 0.15) is 5.82 Å². The highest BCUT2D eigenvalue weighted by Gasteiger charge is 2.08. The molecule has 2 nitrogen and oxygen atoms in total. The molecule has 0 aliphatic rings. The number of alkyl halides is 1. The highest BCUT2D eigenvalue weighted by Crippen LogP contribution is 2.24. The maximum Gasteiger partial charge on any atom is 0.168 e. The van der Waals surface area contributed by atoms with Gasteiger partial charge in [-0.1, -0.05) is 17.8 Å². The van der Waals surface area contributed by atoms with Gasteiger partial charge < -0.3 is 4.57 Å². The predicted octanol–water partition coefficient (Wildman–Crippen LogP) is 3.90. The van der Waals surface area contributed by atoms with Crippen molar-refractivity contribution in [2.24, 2.45) is 7.05 Å². The van der Waals surface area contributed by atoms with Gasteiger partial charge in [0, 0.05) is 12.8 Å². The van der Waals surface area contributed by atoms with Crippen LogP contribution in [0, 0.1) is 12.7 Å². The van der Waals surface area contributed by atoms with Crippen molar-refractivity contribution in [1.82, 2.24) is 9.55 Å². The largest absolute Gasteiger partial charge is 0.325 e. The molecule has 0 fully saturated rings. The third-order valence-electron chi connectivity index (χ3n) is 2.85. The van der Waals surface area contributed by atoms with Crippen LogP contribution >= 0.6 is 23.4 Å². The molecule has 2 aromatic rings. The van der Waals surface area contributed by atoms with E-state index in [1.165, 1.54) is 6.07 Å². The van der Waals surface area contributed by atoms with Gasteiger partial charge in [0.15, 0.2) is 5.16 Å². The van der Waals surface area contributed by atoms with E-state index >= 15 is 0 Å². The van der Waals surface area contributed by atoms with Gasteiger partial charge in [0.05, 0.1) is 17.8 Å². The van der Waals surface area contributed by atoms with Crippen LogP contribution in [0.4, 0.5) is 4.39 Å². The first-order valence-electron chi connectivity index (χ1n) is 5.56. The second-order valence-corrected chi connectivity index (χ2v) is 5.29. The lowest BCUT2D eigenvalue weighted by Crippen LogP contribution is -1.96. The SMILES string of the molecule is Cc1ccc(F)cc1CSc1ncc(CCl)n1C. The second kappa shape index (κ2) is 5.76. The molecule has 0 spiro atoms. The lowest BCUT2D eigenvalue weighted by Gasteiger charge is -2.06. The number of aryl methyl sites for hydroxylation is 1. The molecule has 18 heavy (non-hydrogen) atoms. The summed E-state index contributed by atoms with van der Waals surface area (Å²) in [4.78, 5) is 4.30. The highest BCUT2D eigenvalue weighted by molar-refractivity contribution is 7.98. The van der Waals surface area contributed by atoms with Gasteiger partial charge in [0.25, 0.3) is 0 Å². The van der Waals surface area contributed by atoms with E-state index in [9.17, 15) is 4.39 Å². The fourth-order valence-electron chi connectivity index (χ4n) is 1.62. The standard InChI is InChI=1S/C13H14ClFN2S/c1-9-3-4-11(15)5-10(9)8-18-13-16-7-12(6-14)17(13)2/h3-5,7H,6,8H2,1-2H3. The van der Waals surface area contributed by atoms with E-state index in [0.29, 0.717) is 11.6 Å². The molecule has 0 N–H and O–H groups in total. The Kier molecular flexibility index (Phi) is 4.30. The summed E-state index contributed by atoms with van der Waals surface area (Å²) in [5.41, 5.74) is 3.07. The molecule has 0 saturated carbocycles. The average molecular weight is 285 g/mol. The first-order valence-corrected chi connectivity index (χ1v) is 7.08. The Balaban J connectivity index is 2.11. The molecular weight excluding hydrogens is 271 g/mol. The van der Waals surface area contributed by atoms with Gasteiger partial charge in [-0.05, 0) is 30.2 Å². The Morgan fingerprint density at radius 3 is 2.89 bits per heavy atom. The number of thioether (sulfide) groups is 1. The highest BCUT2D eigenvalue weighted by atomic mass is 35.5. The fraction of sp³-hybridized carbons (Fsp3) is 0.308. The summed E-state index contributed by atoms with van der Waals surface area (Å²) in [6, 6.07) is 4.86. The summed E-state index contributed by atoms with van der Waals surface area (Å²) in [5.74, 6) is 0.955. The number of nitrogens with zero attached hydrogens (tertiary/aromatic N) is 2. The van der Waals surface area contributed by atoms with Gasteiger partial charge in [-0.25, -0.2) is 9.37 Å². The number of benzene rings is 1. The number of aromatic nitrogens is 2. The minimum Gasteiger partial charge on any atom is -0.325 e. The van der Waals surface area contributed by atoms with Crippen LogP contribution in [0.25, 0.3) is 0 Å². The van der Waals surface area contributed by atoms with Gasteiger partial charge in [-0.3, -0.25) is 0 Å². The number of imidazole rings is 1. The monoisotopic (exact) mass is 284 g/mol. The van der Waals surface area contributed by atoms with Crippen molar-refractivity contribution in [3.8, 4) is 0 Å². The quantitative estimate of drug-likeness (QED) is 0.626. The molecule has 2 rings (SSSR count). The zero-order valence-electron chi connectivity index (χ0n) is 10.3. The molecule has 0 unspecified atom stereocenters. The lowest BCUT2D eigenvalue weighted by atomic mass is 10.1. The summed E-state index contributed by atoms with van der Waals surface area (Å²) < 4.78 is 15.1. The molecule has 0 saturated heterocycles. The van der Waals surface area contributed by atoms with Crippen LogP contribution in [0.15, 0.2) is 29.6 Å². The molecule has 0 amide bonds. The van der Waals surface area contributed by atoms with Crippen LogP contribution in [0.1, 0.15) is 16.8 Å². The van der Waals surface area contributed by atoms with E-state index in [1.54, 1.807) is 30.1 Å². The smallest absolute Gasteiger partial charge is 0.168 e. The van der Waals surface area contributed by atoms with Crippen molar-refractivity contribution in [3.05, 3.63) is 47.0 Å². The zero-order valence-corrected chi connectivity index (χ0v) is 11.9. The van der Waals surface area contributed by atoms with E-state index in [1.807, 2.05) is 18.5 Å². The Bertz CT molecular complexity index is 554. The lowest BCUT2D eigenvalue weighted by molar-refractivity contribution is 0.626. The van der Waals surface area contributed by atoms with Crippen LogP contribution < -0.4 is 0 Å². The average Bonchev–Trinajstić information content (AvgIpc) is 2.71. The molecule has 0 aliphatic heterocycles. The van der Waals surface area contributed by atoms with Crippen molar-refractivity contribution < 1.29 is 4.39 Å². The third kappa shape index (κ3) is 2.87. The minimum absolute atomic E-state index is 0.197. The molecular formula is C13H14ClFN2S. The Morgan fingerprint density at radius 2 is 2.22 bits per heavy atom. The van der Waals surface area contributed by atoms with E-state index in [4.69, 9.17) is 11.6 Å². The van der Waals surface area contributed by atoms with Crippen LogP contribution in [-0.4, -0.2) is 9.55 Å². The molecule has 0 atom stereocenters. The summed E-state index contributed by atoms with van der Waals surface area (Å²) in [6.07, 6.45) is 1.77. The number of rotatable bonds is 4. The molecule has 5 heteroatoms. The minimum atomic E-state index is -0.197. The number of hydrogen-bond donors (Lipinski definition) is 0. The van der Waals surface area contributed by atoms with Gasteiger partial charge in [-0.2, -0.15) is 0 Å². The Morgan fingerprint density at radius 1 is 1.44 bits per heavy atom. The van der Waals surface area contributed by atoms with Crippen LogP contribution in [0.5, 0.6) is 0 Å². The van der Waals surface area contributed by atoms with Crippen molar-refractivity contribution in [1.29, 1.82) is 0 Å². The normalized spacial score (nSPS) is 10.9. The number of hydrogen-bond acceptors (Lipinski definition) is 2. The molecule has 0 aliphatic carbocycles. The molecule has 96 valence electrons. The second-order valence-electron chi connectivity index (χ2n) is 4.08. The van der Waals surface area contributed by atoms with Crippen molar-refractivity contribution in [2.45, 2.75) is 23.7 Å². The van der Waals surface area contributed by atoms with Gasteiger partial charge >= 0.3 is 0 Å². The fourth-order valence-corrected chi connectivity index (χ4v) is 2.90. The topological polar surface area (TPSA) is 17.8 Å². The van der Waals surface area contributed by atoms with E-state index in [2.05, 4.69) is 4.98 Å². The van der Waals surface area contributed by atoms with Crippen molar-refractivity contribution in [3.63, 3.8) is 0 Å². The number of halogens is 2. The van der Waals surface area contributed by atoms with E-state index in [-0.39, 0.29) is 5.82 Å². The van der Waals surface area contributed by atoms with Gasteiger partial charge in [0.2, 0.25) is 0 Å². The summed E-state index contributed by atoms with van der Waals surface area (Å²) in [5, 5.41) is 0.898. The molecule has 1 aromatic heterocycles. The van der Waals surface area contributed by atoms with Crippen molar-refractivity contribution in [2.75, 3.05) is 0 Å². The molecule has 1 heterocycles. The first kappa shape index (κ1) is 13.4. The van der Waals surface area contributed by atoms with Crippen LogP contribution in [0.3, 0.4) is 0 Å². The Labute approximate surface area is 115 Å². The summed E-state index contributed by atoms with van der Waals surface area (Å²) in [7, 11) is 1.94. The molecule has 1 aromatic carbocycles. The van der Waals surface area contributed by atoms with E-state index in [0.717, 1.165) is 22.0 Å². The molecule has 0 radical (unpaired) electrons. The van der Waals surface area contributed by atoms with Crippen LogP contribution in [-0.2, 0) is 18.7 Å². The predicted molar refractivity (Wildman–Crippen MR) is 73.5 cm³/mol. The molecule has 0 bridgehead atoms. The summed E-state index contributed by atoms with van der Waals surface area (Å²) in [6.45, 7) is 1.98. The summed E-state index contributed by atoms with van der Waals surface area (Å²) >= 11 is 7.37. The van der Waals surface area contributed by atoms with Crippen LogP contribution in [0.2, 0.25) is 0 Å². The first-order chi connectivity index (χ1) is 8.61. The zero-order chi connectivity index (χ0) is 13.1. The van der Waals surface area contributed by atoms with Gasteiger partial charge in [-0.15, -0.1) is 11.6 Å². The van der Waals surface area contributed by atoms with E-state index < -0.39 is 0 Å².